The molecule has 1 aliphatic carbocycles. The summed E-state index contributed by atoms with van der Waals surface area (Å²) in [4.78, 5) is 0. The molecular formula is C12H24. The van der Waals surface area contributed by atoms with Crippen molar-refractivity contribution in [2.75, 3.05) is 0 Å². The third kappa shape index (κ3) is 2.24. The Hall–Kier alpha value is 0. The van der Waals surface area contributed by atoms with Crippen LogP contribution in [0, 0.1) is 17.3 Å². The first-order valence-electron chi connectivity index (χ1n) is 5.62. The average molecular weight is 168 g/mol. The van der Waals surface area contributed by atoms with Crippen LogP contribution in [-0.4, -0.2) is 0 Å². The molecule has 0 aliphatic heterocycles. The van der Waals surface area contributed by atoms with Crippen LogP contribution in [-0.2, 0) is 0 Å². The van der Waals surface area contributed by atoms with Gasteiger partial charge in [0.2, 0.25) is 0 Å². The van der Waals surface area contributed by atoms with E-state index in [-0.39, 0.29) is 0 Å². The van der Waals surface area contributed by atoms with Gasteiger partial charge in [-0.25, -0.2) is 0 Å². The summed E-state index contributed by atoms with van der Waals surface area (Å²) in [7, 11) is 0. The third-order valence-corrected chi connectivity index (χ3v) is 3.94. The molecule has 3 unspecified atom stereocenters. The van der Waals surface area contributed by atoms with Crippen molar-refractivity contribution < 1.29 is 0 Å². The largest absolute Gasteiger partial charge is 0.0651 e. The highest BCUT2D eigenvalue weighted by Gasteiger charge is 2.47. The van der Waals surface area contributed by atoms with Crippen LogP contribution in [0.4, 0.5) is 0 Å². The lowest BCUT2D eigenvalue weighted by molar-refractivity contribution is 0.381. The fourth-order valence-corrected chi connectivity index (χ4v) is 2.23. The van der Waals surface area contributed by atoms with E-state index in [1.165, 1.54) is 32.1 Å². The molecule has 0 heterocycles. The minimum absolute atomic E-state index is 0.748. The summed E-state index contributed by atoms with van der Waals surface area (Å²) < 4.78 is 0. The minimum Gasteiger partial charge on any atom is -0.0651 e. The zero-order valence-electron chi connectivity index (χ0n) is 9.19. The second-order valence-electron chi connectivity index (χ2n) is 5.02. The molecule has 0 aromatic rings. The van der Waals surface area contributed by atoms with Crippen molar-refractivity contribution in [1.29, 1.82) is 0 Å². The fraction of sp³-hybridized carbons (Fsp3) is 1.00. The van der Waals surface area contributed by atoms with Crippen LogP contribution in [0.25, 0.3) is 0 Å². The van der Waals surface area contributed by atoms with Crippen LogP contribution in [0.5, 0.6) is 0 Å². The van der Waals surface area contributed by atoms with Crippen LogP contribution in [0.15, 0.2) is 0 Å². The molecule has 1 rings (SSSR count). The zero-order valence-corrected chi connectivity index (χ0v) is 9.19. The van der Waals surface area contributed by atoms with Crippen LogP contribution in [0.1, 0.15) is 59.8 Å². The van der Waals surface area contributed by atoms with Gasteiger partial charge in [-0.15, -0.1) is 0 Å². The van der Waals surface area contributed by atoms with E-state index >= 15 is 0 Å². The monoisotopic (exact) mass is 168 g/mol. The molecule has 0 heteroatoms. The van der Waals surface area contributed by atoms with Gasteiger partial charge in [0, 0.05) is 0 Å². The third-order valence-electron chi connectivity index (χ3n) is 3.94. The topological polar surface area (TPSA) is 0 Å². The Balaban J connectivity index is 2.16. The van der Waals surface area contributed by atoms with E-state index < -0.39 is 0 Å². The van der Waals surface area contributed by atoms with E-state index in [9.17, 15) is 0 Å². The highest BCUT2D eigenvalue weighted by atomic mass is 14.5. The van der Waals surface area contributed by atoms with Gasteiger partial charge in [0.15, 0.2) is 0 Å². The molecule has 0 nitrogen and oxygen atoms in total. The molecule has 12 heavy (non-hydrogen) atoms. The van der Waals surface area contributed by atoms with Gasteiger partial charge in [-0.3, -0.25) is 0 Å². The van der Waals surface area contributed by atoms with E-state index in [4.69, 9.17) is 0 Å². The fourth-order valence-electron chi connectivity index (χ4n) is 2.23. The predicted molar refractivity (Wildman–Crippen MR) is 55.2 cm³/mol. The smallest absolute Gasteiger partial charge is 0.0294 e. The molecule has 0 aromatic carbocycles. The van der Waals surface area contributed by atoms with E-state index in [1.54, 1.807) is 0 Å². The Morgan fingerprint density at radius 1 is 1.42 bits per heavy atom. The van der Waals surface area contributed by atoms with Gasteiger partial charge in [-0.2, -0.15) is 0 Å². The van der Waals surface area contributed by atoms with Gasteiger partial charge in [0.1, 0.15) is 0 Å². The van der Waals surface area contributed by atoms with Crippen molar-refractivity contribution in [3.63, 3.8) is 0 Å². The predicted octanol–water partition coefficient (Wildman–Crippen LogP) is 4.25. The lowest BCUT2D eigenvalue weighted by atomic mass is 9.92. The van der Waals surface area contributed by atoms with Crippen molar-refractivity contribution in [3.05, 3.63) is 0 Å². The molecule has 0 amide bonds. The Bertz CT molecular complexity index is 139. The molecule has 1 aliphatic rings. The van der Waals surface area contributed by atoms with Gasteiger partial charge < -0.3 is 0 Å². The van der Waals surface area contributed by atoms with Crippen LogP contribution in [0.2, 0.25) is 0 Å². The molecule has 0 N–H and O–H groups in total. The second kappa shape index (κ2) is 3.81. The number of hydrogen-bond donors (Lipinski definition) is 0. The summed E-state index contributed by atoms with van der Waals surface area (Å²) in [6, 6.07) is 0. The molecule has 0 bridgehead atoms. The molecule has 72 valence electrons. The first kappa shape index (κ1) is 10.1. The summed E-state index contributed by atoms with van der Waals surface area (Å²) in [5.41, 5.74) is 0.748. The Kier molecular flexibility index (Phi) is 3.20. The highest BCUT2D eigenvalue weighted by Crippen LogP contribution is 2.57. The SMILES string of the molecule is CCC(C)CCC1(C)CC1CC. The summed E-state index contributed by atoms with van der Waals surface area (Å²) >= 11 is 0. The van der Waals surface area contributed by atoms with Crippen molar-refractivity contribution in [1.82, 2.24) is 0 Å². The van der Waals surface area contributed by atoms with Crippen molar-refractivity contribution in [2.45, 2.75) is 59.8 Å². The second-order valence-corrected chi connectivity index (χ2v) is 5.02. The van der Waals surface area contributed by atoms with Crippen LogP contribution in [0.3, 0.4) is 0 Å². The van der Waals surface area contributed by atoms with Crippen molar-refractivity contribution in [2.24, 2.45) is 17.3 Å². The Morgan fingerprint density at radius 3 is 2.50 bits per heavy atom. The molecule has 0 spiro atoms. The summed E-state index contributed by atoms with van der Waals surface area (Å²) in [5.74, 6) is 2.00. The van der Waals surface area contributed by atoms with Gasteiger partial charge in [0.05, 0.1) is 0 Å². The summed E-state index contributed by atoms with van der Waals surface area (Å²) in [6.45, 7) is 9.49. The lowest BCUT2D eigenvalue weighted by Gasteiger charge is -2.13. The lowest BCUT2D eigenvalue weighted by Crippen LogP contribution is -2.01. The van der Waals surface area contributed by atoms with E-state index in [0.29, 0.717) is 0 Å². The molecule has 1 fully saturated rings. The molecule has 0 saturated heterocycles. The number of rotatable bonds is 5. The van der Waals surface area contributed by atoms with Crippen molar-refractivity contribution >= 4 is 0 Å². The molecule has 0 aromatic heterocycles. The Morgan fingerprint density at radius 2 is 2.08 bits per heavy atom. The first-order valence-corrected chi connectivity index (χ1v) is 5.62. The molecule has 0 radical (unpaired) electrons. The first-order chi connectivity index (χ1) is 5.62. The maximum absolute atomic E-state index is 2.48. The van der Waals surface area contributed by atoms with Gasteiger partial charge in [0.25, 0.3) is 0 Å². The van der Waals surface area contributed by atoms with E-state index in [2.05, 4.69) is 27.7 Å². The standard InChI is InChI=1S/C12H24/c1-5-10(3)7-8-12(4)9-11(12)6-2/h10-11H,5-9H2,1-4H3. The maximum atomic E-state index is 2.48. The van der Waals surface area contributed by atoms with E-state index in [1.807, 2.05) is 0 Å². The van der Waals surface area contributed by atoms with Gasteiger partial charge in [-0.05, 0) is 30.1 Å². The Labute approximate surface area is 77.7 Å². The summed E-state index contributed by atoms with van der Waals surface area (Å²) in [5, 5.41) is 0. The van der Waals surface area contributed by atoms with Crippen LogP contribution >= 0.6 is 0 Å². The molecular weight excluding hydrogens is 144 g/mol. The highest BCUT2D eigenvalue weighted by molar-refractivity contribution is 4.97. The molecule has 3 atom stereocenters. The van der Waals surface area contributed by atoms with Crippen molar-refractivity contribution in [3.8, 4) is 0 Å². The normalized spacial score (nSPS) is 36.5. The molecule has 1 saturated carbocycles. The van der Waals surface area contributed by atoms with Crippen LogP contribution < -0.4 is 0 Å². The van der Waals surface area contributed by atoms with E-state index in [0.717, 1.165) is 17.3 Å². The maximum Gasteiger partial charge on any atom is -0.0294 e. The zero-order chi connectivity index (χ0) is 9.19. The quantitative estimate of drug-likeness (QED) is 0.575. The van der Waals surface area contributed by atoms with Gasteiger partial charge >= 0.3 is 0 Å². The minimum atomic E-state index is 0.748. The van der Waals surface area contributed by atoms with Gasteiger partial charge in [-0.1, -0.05) is 47.0 Å². The average Bonchev–Trinajstić information content (AvgIpc) is 2.74. The number of hydrogen-bond acceptors (Lipinski definition) is 0. The summed E-state index contributed by atoms with van der Waals surface area (Å²) in [6.07, 6.45) is 7.17.